The second-order valence-corrected chi connectivity index (χ2v) is 6.75. The Morgan fingerprint density at radius 2 is 2.17 bits per heavy atom. The van der Waals surface area contributed by atoms with Gasteiger partial charge in [0, 0.05) is 31.1 Å². The van der Waals surface area contributed by atoms with Crippen LogP contribution in [0.15, 0.2) is 54.3 Å². The van der Waals surface area contributed by atoms with Crippen molar-refractivity contribution in [2.45, 2.75) is 46.6 Å². The van der Waals surface area contributed by atoms with Gasteiger partial charge in [-0.1, -0.05) is 25.5 Å². The zero-order valence-corrected chi connectivity index (χ0v) is 17.3. The molecular formula is C22H29FN6. The van der Waals surface area contributed by atoms with E-state index in [1.807, 2.05) is 19.1 Å². The van der Waals surface area contributed by atoms with E-state index in [9.17, 15) is 4.39 Å². The predicted octanol–water partition coefficient (Wildman–Crippen LogP) is 4.86. The molecule has 3 rings (SSSR count). The molecule has 1 aliphatic rings. The molecule has 154 valence electrons. The van der Waals surface area contributed by atoms with Crippen LogP contribution < -0.4 is 4.90 Å². The number of fused-ring (bicyclic) bond motifs is 1. The molecule has 29 heavy (non-hydrogen) atoms. The van der Waals surface area contributed by atoms with Crippen molar-refractivity contribution >= 4 is 12.2 Å². The van der Waals surface area contributed by atoms with E-state index in [-0.39, 0.29) is 5.83 Å². The van der Waals surface area contributed by atoms with Gasteiger partial charge in [-0.05, 0) is 44.1 Å². The molecule has 0 aliphatic carbocycles. The summed E-state index contributed by atoms with van der Waals surface area (Å²) >= 11 is 0. The first-order chi connectivity index (χ1) is 14.0. The summed E-state index contributed by atoms with van der Waals surface area (Å²) in [6, 6.07) is 1.91. The average molecular weight is 397 g/mol. The minimum atomic E-state index is -0.282. The van der Waals surface area contributed by atoms with Gasteiger partial charge >= 0.3 is 0 Å². The third kappa shape index (κ3) is 7.10. The van der Waals surface area contributed by atoms with Crippen LogP contribution in [0.3, 0.4) is 0 Å². The smallest absolute Gasteiger partial charge is 0.225 e. The molecule has 0 saturated carbocycles. The average Bonchev–Trinajstić information content (AvgIpc) is 3.19. The van der Waals surface area contributed by atoms with Crippen LogP contribution in [-0.2, 0) is 13.0 Å². The zero-order chi connectivity index (χ0) is 21.1. The Hall–Kier alpha value is -3.09. The van der Waals surface area contributed by atoms with Crippen LogP contribution in [0.25, 0.3) is 0 Å². The van der Waals surface area contributed by atoms with E-state index in [2.05, 4.69) is 31.8 Å². The van der Waals surface area contributed by atoms with Crippen LogP contribution in [0.1, 0.15) is 43.8 Å². The third-order valence-electron chi connectivity index (χ3n) is 4.38. The normalized spacial score (nSPS) is 14.4. The number of hydrogen-bond acceptors (Lipinski definition) is 5. The van der Waals surface area contributed by atoms with Crippen molar-refractivity contribution in [3.8, 4) is 0 Å². The maximum absolute atomic E-state index is 13.0. The van der Waals surface area contributed by atoms with Gasteiger partial charge in [-0.15, -0.1) is 0 Å². The number of unbranched alkanes of at least 4 members (excludes halogenated alkanes) is 1. The lowest BCUT2D eigenvalue weighted by molar-refractivity contribution is 0.652. The number of allylic oxidation sites excluding steroid dienone is 6. The Balaban J connectivity index is 0.000000213. The van der Waals surface area contributed by atoms with Crippen molar-refractivity contribution in [3.05, 3.63) is 71.4 Å². The van der Waals surface area contributed by atoms with Crippen LogP contribution in [0, 0.1) is 12.3 Å². The van der Waals surface area contributed by atoms with Crippen LogP contribution >= 0.6 is 0 Å². The summed E-state index contributed by atoms with van der Waals surface area (Å²) in [4.78, 5) is 18.4. The van der Waals surface area contributed by atoms with E-state index >= 15 is 0 Å². The van der Waals surface area contributed by atoms with E-state index in [1.54, 1.807) is 25.5 Å². The lowest BCUT2D eigenvalue weighted by Gasteiger charge is -2.26. The van der Waals surface area contributed by atoms with E-state index < -0.39 is 0 Å². The van der Waals surface area contributed by atoms with Crippen LogP contribution in [0.2, 0.25) is 0 Å². The van der Waals surface area contributed by atoms with Gasteiger partial charge in [0.1, 0.15) is 5.83 Å². The topological polar surface area (TPSA) is 81.5 Å². The minimum Gasteiger partial charge on any atom is -0.347 e. The van der Waals surface area contributed by atoms with Gasteiger partial charge < -0.3 is 15.3 Å². The number of nitrogens with one attached hydrogen (secondary N) is 2. The van der Waals surface area contributed by atoms with Gasteiger partial charge in [0.05, 0.1) is 24.3 Å². The number of hydrogen-bond donors (Lipinski definition) is 2. The number of aromatic amines is 1. The number of H-pyrrole nitrogens is 1. The van der Waals surface area contributed by atoms with Gasteiger partial charge in [0.25, 0.3) is 0 Å². The lowest BCUT2D eigenvalue weighted by atomic mass is 10.1. The van der Waals surface area contributed by atoms with Gasteiger partial charge in [-0.3, -0.25) is 0 Å². The van der Waals surface area contributed by atoms with Crippen molar-refractivity contribution in [1.82, 2.24) is 19.9 Å². The van der Waals surface area contributed by atoms with Crippen LogP contribution in [-0.4, -0.2) is 32.7 Å². The highest BCUT2D eigenvalue weighted by Gasteiger charge is 2.19. The second-order valence-electron chi connectivity index (χ2n) is 6.75. The summed E-state index contributed by atoms with van der Waals surface area (Å²) in [7, 11) is 0. The predicted molar refractivity (Wildman–Crippen MR) is 116 cm³/mol. The highest BCUT2D eigenvalue weighted by molar-refractivity contribution is 5.70. The van der Waals surface area contributed by atoms with Gasteiger partial charge in [-0.25, -0.2) is 19.3 Å². The van der Waals surface area contributed by atoms with E-state index in [0.29, 0.717) is 5.57 Å². The molecule has 0 bridgehead atoms. The first-order valence-electron chi connectivity index (χ1n) is 9.81. The van der Waals surface area contributed by atoms with Crippen molar-refractivity contribution in [3.63, 3.8) is 0 Å². The highest BCUT2D eigenvalue weighted by atomic mass is 19.1. The third-order valence-corrected chi connectivity index (χ3v) is 4.38. The quantitative estimate of drug-likeness (QED) is 0.539. The Labute approximate surface area is 171 Å². The van der Waals surface area contributed by atoms with Crippen molar-refractivity contribution in [2.24, 2.45) is 0 Å². The molecule has 1 aliphatic heterocycles. The summed E-state index contributed by atoms with van der Waals surface area (Å²) in [5.41, 5.74) is 3.83. The molecule has 0 spiro atoms. The number of rotatable bonds is 6. The number of nitrogens with zero attached hydrogens (tertiary/aromatic N) is 4. The molecule has 0 fully saturated rings. The Kier molecular flexibility index (Phi) is 8.95. The molecule has 2 N–H and O–H groups in total. The monoisotopic (exact) mass is 396 g/mol. The second kappa shape index (κ2) is 11.7. The minimum absolute atomic E-state index is 0.282. The Morgan fingerprint density at radius 3 is 2.90 bits per heavy atom. The molecule has 0 unspecified atom stereocenters. The Morgan fingerprint density at radius 1 is 1.34 bits per heavy atom. The summed E-state index contributed by atoms with van der Waals surface area (Å²) in [6.07, 6.45) is 14.1. The van der Waals surface area contributed by atoms with E-state index in [0.717, 1.165) is 50.2 Å². The molecule has 0 radical (unpaired) electrons. The Bertz CT molecular complexity index is 881. The molecule has 2 aromatic heterocycles. The first kappa shape index (κ1) is 22.2. The molecule has 3 heterocycles. The van der Waals surface area contributed by atoms with Crippen LogP contribution in [0.5, 0.6) is 0 Å². The molecule has 7 heteroatoms. The van der Waals surface area contributed by atoms with Crippen molar-refractivity contribution in [1.29, 1.82) is 5.41 Å². The number of imidazole rings is 1. The molecule has 0 saturated heterocycles. The molecule has 0 atom stereocenters. The largest absolute Gasteiger partial charge is 0.347 e. The van der Waals surface area contributed by atoms with Crippen molar-refractivity contribution < 1.29 is 4.39 Å². The molecular weight excluding hydrogens is 367 g/mol. The van der Waals surface area contributed by atoms with Crippen molar-refractivity contribution in [2.75, 3.05) is 11.4 Å². The summed E-state index contributed by atoms with van der Waals surface area (Å²) in [5, 5.41) is 6.76. The van der Waals surface area contributed by atoms with Gasteiger partial charge in [0.15, 0.2) is 0 Å². The fourth-order valence-electron chi connectivity index (χ4n) is 2.72. The number of halogens is 1. The fourth-order valence-corrected chi connectivity index (χ4v) is 2.72. The van der Waals surface area contributed by atoms with Gasteiger partial charge in [-0.2, -0.15) is 0 Å². The fraction of sp³-hybridized carbons (Fsp3) is 0.364. The van der Waals surface area contributed by atoms with Crippen LogP contribution in [0.4, 0.5) is 10.3 Å². The molecule has 6 nitrogen and oxygen atoms in total. The zero-order valence-electron chi connectivity index (χ0n) is 17.3. The highest BCUT2D eigenvalue weighted by Crippen LogP contribution is 2.18. The summed E-state index contributed by atoms with van der Waals surface area (Å²) in [5.74, 6) is 0.524. The van der Waals surface area contributed by atoms with E-state index in [1.165, 1.54) is 23.5 Å². The molecule has 2 aromatic rings. The van der Waals surface area contributed by atoms with Gasteiger partial charge in [0.2, 0.25) is 5.95 Å². The molecule has 0 amide bonds. The number of aromatic nitrogens is 4. The number of aryl methyl sites for hydroxylation is 1. The first-order valence-corrected chi connectivity index (χ1v) is 9.81. The lowest BCUT2D eigenvalue weighted by Crippen LogP contribution is -2.31. The standard InChI is InChI=1S/C11H16FN.C11H13N5/c1-3-4-5-6-7-11(12)10(2)8-9-13;1-8-2-4-12-11(15-8)16-5-3-9-10(6-16)14-7-13-9/h5-9,13H,3-4H2,1-2H3;2,4,7H,3,5-6H2,1H3,(H,13,14)/b6-5-,10-8+,11-7+,13-9?;. The summed E-state index contributed by atoms with van der Waals surface area (Å²) < 4.78 is 13.0. The maximum Gasteiger partial charge on any atom is 0.225 e. The van der Waals surface area contributed by atoms with E-state index in [4.69, 9.17) is 5.41 Å². The SMILES string of the molecule is CCC\C=C/C=C(F)\C(C)=C\C=N.Cc1ccnc(N2CCc3nc[nH]c3C2)n1. The maximum atomic E-state index is 13.0. The molecule has 0 aromatic carbocycles. The number of anilines is 1. The summed E-state index contributed by atoms with van der Waals surface area (Å²) in [6.45, 7) is 7.45.